The van der Waals surface area contributed by atoms with Crippen molar-refractivity contribution in [1.29, 1.82) is 0 Å². The fraction of sp³-hybridized carbons (Fsp3) is 0.263. The third-order valence-corrected chi connectivity index (χ3v) is 5.22. The summed E-state index contributed by atoms with van der Waals surface area (Å²) in [4.78, 5) is 12.7. The van der Waals surface area contributed by atoms with E-state index in [0.717, 1.165) is 12.1 Å². The lowest BCUT2D eigenvalue weighted by atomic mass is 10.1. The molecule has 1 N–H and O–H groups in total. The molecule has 0 unspecified atom stereocenters. The third kappa shape index (κ3) is 5.20. The Morgan fingerprint density at radius 2 is 1.65 bits per heavy atom. The van der Waals surface area contributed by atoms with Gasteiger partial charge in [0.05, 0.1) is 27.7 Å². The van der Waals surface area contributed by atoms with Crippen molar-refractivity contribution in [2.24, 2.45) is 5.16 Å². The number of rotatable bonds is 5. The van der Waals surface area contributed by atoms with E-state index >= 15 is 0 Å². The molecule has 4 heterocycles. The van der Waals surface area contributed by atoms with Crippen LogP contribution in [0.2, 0.25) is 10.0 Å². The van der Waals surface area contributed by atoms with Gasteiger partial charge in [-0.15, -0.1) is 0 Å². The Morgan fingerprint density at radius 3 is 2.26 bits per heavy atom. The molecule has 0 amide bonds. The first-order valence-electron chi connectivity index (χ1n) is 9.40. The van der Waals surface area contributed by atoms with Crippen LogP contribution in [0.3, 0.4) is 0 Å². The summed E-state index contributed by atoms with van der Waals surface area (Å²) >= 11 is 11.8. The highest BCUT2D eigenvalue weighted by Gasteiger charge is 2.33. The zero-order valence-electron chi connectivity index (χ0n) is 16.6. The maximum atomic E-state index is 12.8. The number of aromatic nitrogens is 4. The normalized spacial score (nSPS) is 16.4. The summed E-state index contributed by atoms with van der Waals surface area (Å²) in [6.07, 6.45) is -6.57. The lowest BCUT2D eigenvalue weighted by molar-refractivity contribution is -0.138. The van der Waals surface area contributed by atoms with Gasteiger partial charge in [0.2, 0.25) is 0 Å². The molecule has 0 saturated heterocycles. The molecule has 34 heavy (non-hydrogen) atoms. The van der Waals surface area contributed by atoms with Crippen molar-refractivity contribution in [3.05, 3.63) is 63.7 Å². The fourth-order valence-corrected chi connectivity index (χ4v) is 3.46. The van der Waals surface area contributed by atoms with Gasteiger partial charge in [-0.2, -0.15) is 31.4 Å². The molecular weight excluding hydrogens is 513 g/mol. The molecule has 3 aromatic heterocycles. The third-order valence-electron chi connectivity index (χ3n) is 4.65. The van der Waals surface area contributed by atoms with E-state index in [1.54, 1.807) is 6.07 Å². The highest BCUT2D eigenvalue weighted by atomic mass is 35.5. The van der Waals surface area contributed by atoms with Crippen molar-refractivity contribution in [3.63, 3.8) is 0 Å². The molecule has 1 aliphatic heterocycles. The lowest BCUT2D eigenvalue weighted by Gasteiger charge is -2.13. The largest absolute Gasteiger partial charge is 0.417 e. The van der Waals surface area contributed by atoms with Crippen LogP contribution in [0.25, 0.3) is 5.82 Å². The summed E-state index contributed by atoms with van der Waals surface area (Å²) in [6, 6.07) is 3.08. The van der Waals surface area contributed by atoms with Crippen molar-refractivity contribution in [2.75, 3.05) is 11.9 Å². The second-order valence-electron chi connectivity index (χ2n) is 7.08. The zero-order valence-corrected chi connectivity index (χ0v) is 18.1. The van der Waals surface area contributed by atoms with Gasteiger partial charge in [0.25, 0.3) is 0 Å². The predicted octanol–water partition coefficient (Wildman–Crippen LogP) is 5.61. The molecular formula is C19H12Cl2F6N6O. The van der Waals surface area contributed by atoms with Crippen LogP contribution in [0.15, 0.2) is 41.9 Å². The predicted molar refractivity (Wildman–Crippen MR) is 110 cm³/mol. The molecule has 0 fully saturated rings. The molecule has 4 rings (SSSR count). The number of hydrogen-bond acceptors (Lipinski definition) is 6. The number of alkyl halides is 6. The first-order valence-corrected chi connectivity index (χ1v) is 10.2. The molecule has 180 valence electrons. The van der Waals surface area contributed by atoms with Gasteiger partial charge in [-0.25, -0.2) is 14.6 Å². The van der Waals surface area contributed by atoms with Gasteiger partial charge < -0.3 is 10.2 Å². The highest BCUT2D eigenvalue weighted by Crippen LogP contribution is 2.33. The molecule has 0 spiro atoms. The monoisotopic (exact) mass is 524 g/mol. The van der Waals surface area contributed by atoms with Crippen molar-refractivity contribution >= 4 is 34.7 Å². The Morgan fingerprint density at radius 1 is 1.00 bits per heavy atom. The van der Waals surface area contributed by atoms with Crippen molar-refractivity contribution in [1.82, 2.24) is 19.7 Å². The Bertz CT molecular complexity index is 1240. The molecule has 0 aromatic carbocycles. The molecule has 0 radical (unpaired) electrons. The second kappa shape index (κ2) is 8.95. The van der Waals surface area contributed by atoms with Crippen LogP contribution in [0, 0.1) is 0 Å². The Kier molecular flexibility index (Phi) is 6.34. The fourth-order valence-electron chi connectivity index (χ4n) is 2.97. The van der Waals surface area contributed by atoms with Crippen molar-refractivity contribution in [3.8, 4) is 5.82 Å². The van der Waals surface area contributed by atoms with E-state index in [9.17, 15) is 26.3 Å². The second-order valence-corrected chi connectivity index (χ2v) is 7.89. The number of anilines is 1. The van der Waals surface area contributed by atoms with Crippen LogP contribution < -0.4 is 5.32 Å². The van der Waals surface area contributed by atoms with Gasteiger partial charge in [0.1, 0.15) is 23.3 Å². The van der Waals surface area contributed by atoms with Crippen molar-refractivity contribution < 1.29 is 31.2 Å². The summed E-state index contributed by atoms with van der Waals surface area (Å²) < 4.78 is 77.7. The number of nitrogens with zero attached hydrogens (tertiary/aromatic N) is 5. The molecule has 3 aromatic rings. The summed E-state index contributed by atoms with van der Waals surface area (Å²) in [5.74, 6) is 0.0562. The topological polar surface area (TPSA) is 77.2 Å². The summed E-state index contributed by atoms with van der Waals surface area (Å²) in [5.41, 5.74) is -1.13. The molecule has 1 atom stereocenters. The summed E-state index contributed by atoms with van der Waals surface area (Å²) in [5, 5.41) is 10.5. The zero-order chi connectivity index (χ0) is 24.7. The van der Waals surface area contributed by atoms with E-state index in [1.807, 2.05) is 0 Å². The standard InChI is InChI=1S/C19H12Cl2F6N6O/c20-12-3-9(18(22,23)24)6-28-16(12)29-8-11-5-15(32-34-11)14-1-2-33(31-14)17-13(21)4-10(7-30-17)19(25,26)27/h1-4,6-7,11H,5,8H2,(H,28,29)/t11-/m1/s1. The quantitative estimate of drug-likeness (QED) is 0.439. The van der Waals surface area contributed by atoms with Crippen LogP contribution in [0.5, 0.6) is 0 Å². The van der Waals surface area contributed by atoms with Gasteiger partial charge in [-0.05, 0) is 18.2 Å². The molecule has 15 heteroatoms. The summed E-state index contributed by atoms with van der Waals surface area (Å²) in [6.45, 7) is 0.137. The molecule has 1 aliphatic rings. The number of nitrogens with one attached hydrogen (secondary N) is 1. The maximum absolute atomic E-state index is 12.8. The smallest absolute Gasteiger partial charge is 0.390 e. The molecule has 0 saturated carbocycles. The Balaban J connectivity index is 1.38. The van der Waals surface area contributed by atoms with Gasteiger partial charge >= 0.3 is 12.4 Å². The van der Waals surface area contributed by atoms with E-state index < -0.39 is 29.6 Å². The summed E-state index contributed by atoms with van der Waals surface area (Å²) in [7, 11) is 0. The van der Waals surface area contributed by atoms with Gasteiger partial charge in [-0.1, -0.05) is 28.4 Å². The molecule has 0 bridgehead atoms. The van der Waals surface area contributed by atoms with E-state index in [1.165, 1.54) is 10.9 Å². The van der Waals surface area contributed by atoms with Gasteiger partial charge in [0, 0.05) is 25.0 Å². The van der Waals surface area contributed by atoms with Crippen LogP contribution in [-0.2, 0) is 17.2 Å². The lowest BCUT2D eigenvalue weighted by Crippen LogP contribution is -2.21. The number of hydrogen-bond donors (Lipinski definition) is 1. The number of pyridine rings is 2. The van der Waals surface area contributed by atoms with Crippen molar-refractivity contribution in [2.45, 2.75) is 24.9 Å². The minimum atomic E-state index is -4.58. The Hall–Kier alpha value is -3.06. The van der Waals surface area contributed by atoms with E-state index in [2.05, 4.69) is 25.5 Å². The molecule has 0 aliphatic carbocycles. The van der Waals surface area contributed by atoms with E-state index in [4.69, 9.17) is 28.0 Å². The Labute approximate surface area is 197 Å². The highest BCUT2D eigenvalue weighted by molar-refractivity contribution is 6.33. The van der Waals surface area contributed by atoms with Crippen LogP contribution >= 0.6 is 23.2 Å². The minimum absolute atomic E-state index is 0.00154. The van der Waals surface area contributed by atoms with E-state index in [-0.39, 0.29) is 34.6 Å². The average Bonchev–Trinajstić information content (AvgIpc) is 3.41. The molecule has 7 nitrogen and oxygen atoms in total. The SMILES string of the molecule is FC(F)(F)c1cnc(NC[C@H]2CC(c3ccn(-c4ncc(C(F)(F)F)cc4Cl)n3)=NO2)c(Cl)c1. The van der Waals surface area contributed by atoms with Crippen LogP contribution in [0.1, 0.15) is 23.2 Å². The average molecular weight is 525 g/mol. The number of halogens is 8. The first-order chi connectivity index (χ1) is 15.9. The minimum Gasteiger partial charge on any atom is -0.390 e. The van der Waals surface area contributed by atoms with Gasteiger partial charge in [-0.3, -0.25) is 0 Å². The van der Waals surface area contributed by atoms with E-state index in [0.29, 0.717) is 23.8 Å². The van der Waals surface area contributed by atoms with Crippen LogP contribution in [-0.4, -0.2) is 38.1 Å². The first kappa shape index (κ1) is 24.1. The maximum Gasteiger partial charge on any atom is 0.417 e. The van der Waals surface area contributed by atoms with Gasteiger partial charge in [0.15, 0.2) is 5.82 Å². The van der Waals surface area contributed by atoms with Crippen LogP contribution in [0.4, 0.5) is 32.2 Å². The number of oxime groups is 1.